The van der Waals surface area contributed by atoms with E-state index in [-0.39, 0.29) is 17.8 Å². The van der Waals surface area contributed by atoms with E-state index >= 15 is 0 Å². The van der Waals surface area contributed by atoms with Gasteiger partial charge in [0.15, 0.2) is 0 Å². The van der Waals surface area contributed by atoms with Gasteiger partial charge in [-0.3, -0.25) is 9.59 Å². The average Bonchev–Trinajstić information content (AvgIpc) is 2.96. The molecule has 1 N–H and O–H groups in total. The van der Waals surface area contributed by atoms with Crippen molar-refractivity contribution in [2.45, 2.75) is 72.3 Å². The van der Waals surface area contributed by atoms with Gasteiger partial charge in [0.2, 0.25) is 0 Å². The molecule has 0 heterocycles. The lowest BCUT2D eigenvalue weighted by molar-refractivity contribution is -0.173. The van der Waals surface area contributed by atoms with Gasteiger partial charge >= 0.3 is 11.9 Å². The molecule has 2 fully saturated rings. The molecular formula is C19H32O4. The van der Waals surface area contributed by atoms with Crippen LogP contribution in [0.1, 0.15) is 66.7 Å². The SMILES string of the molecule is CCCCCC(C)(C)OC(=O)C1C2CC(C(C)C2C)C1C(=O)O. The summed E-state index contributed by atoms with van der Waals surface area (Å²) < 4.78 is 5.78. The summed E-state index contributed by atoms with van der Waals surface area (Å²) in [5, 5.41) is 9.62. The van der Waals surface area contributed by atoms with Crippen LogP contribution in [0.15, 0.2) is 0 Å². The summed E-state index contributed by atoms with van der Waals surface area (Å²) >= 11 is 0. The van der Waals surface area contributed by atoms with Crippen LogP contribution in [0.5, 0.6) is 0 Å². The van der Waals surface area contributed by atoms with Crippen LogP contribution >= 0.6 is 0 Å². The van der Waals surface area contributed by atoms with Gasteiger partial charge in [-0.1, -0.05) is 33.6 Å². The van der Waals surface area contributed by atoms with Gasteiger partial charge in [0.1, 0.15) is 5.60 Å². The minimum atomic E-state index is -0.831. The molecule has 4 nitrogen and oxygen atoms in total. The molecule has 6 unspecified atom stereocenters. The van der Waals surface area contributed by atoms with Gasteiger partial charge in [0.25, 0.3) is 0 Å². The summed E-state index contributed by atoms with van der Waals surface area (Å²) in [6, 6.07) is 0. The highest BCUT2D eigenvalue weighted by Crippen LogP contribution is 2.58. The number of ether oxygens (including phenoxy) is 1. The highest BCUT2D eigenvalue weighted by molar-refractivity contribution is 5.83. The maximum Gasteiger partial charge on any atom is 0.310 e. The number of esters is 1. The van der Waals surface area contributed by atoms with Gasteiger partial charge in [0, 0.05) is 0 Å². The molecule has 0 aromatic carbocycles. The second-order valence-electron chi connectivity index (χ2n) is 8.31. The zero-order valence-electron chi connectivity index (χ0n) is 15.2. The zero-order chi connectivity index (χ0) is 17.4. The number of carbonyl (C=O) groups is 2. The third-order valence-corrected chi connectivity index (χ3v) is 6.35. The summed E-state index contributed by atoms with van der Waals surface area (Å²) in [6.45, 7) is 10.3. The molecule has 0 aromatic heterocycles. The molecule has 2 aliphatic rings. The molecule has 2 bridgehead atoms. The van der Waals surface area contributed by atoms with Crippen LogP contribution < -0.4 is 0 Å². The molecular weight excluding hydrogens is 292 g/mol. The molecule has 0 aromatic rings. The second-order valence-corrected chi connectivity index (χ2v) is 8.31. The molecule has 0 radical (unpaired) electrons. The van der Waals surface area contributed by atoms with E-state index in [9.17, 15) is 14.7 Å². The van der Waals surface area contributed by atoms with E-state index in [4.69, 9.17) is 4.74 Å². The zero-order valence-corrected chi connectivity index (χ0v) is 15.2. The molecule has 0 saturated heterocycles. The molecule has 2 aliphatic carbocycles. The first-order chi connectivity index (χ1) is 10.7. The van der Waals surface area contributed by atoms with Crippen LogP contribution in [0.2, 0.25) is 0 Å². The normalized spacial score (nSPS) is 36.2. The molecule has 0 amide bonds. The van der Waals surface area contributed by atoms with Crippen molar-refractivity contribution in [1.29, 1.82) is 0 Å². The van der Waals surface area contributed by atoms with E-state index < -0.39 is 23.4 Å². The molecule has 23 heavy (non-hydrogen) atoms. The lowest BCUT2D eigenvalue weighted by Gasteiger charge is -2.37. The predicted octanol–water partition coefficient (Wildman–Crippen LogP) is 4.13. The Kier molecular flexibility index (Phi) is 5.42. The monoisotopic (exact) mass is 324 g/mol. The molecule has 2 saturated carbocycles. The number of hydrogen-bond donors (Lipinski definition) is 1. The Morgan fingerprint density at radius 1 is 1.09 bits per heavy atom. The Bertz CT molecular complexity index is 456. The number of carboxylic acid groups (broad SMARTS) is 1. The Morgan fingerprint density at radius 2 is 1.65 bits per heavy atom. The van der Waals surface area contributed by atoms with Gasteiger partial charge in [-0.15, -0.1) is 0 Å². The fourth-order valence-electron chi connectivity index (χ4n) is 4.85. The molecule has 4 heteroatoms. The van der Waals surface area contributed by atoms with E-state index in [2.05, 4.69) is 20.8 Å². The van der Waals surface area contributed by atoms with E-state index in [1.54, 1.807) is 0 Å². The standard InChI is InChI=1S/C19H32O4/c1-6-7-8-9-19(4,5)23-18(22)16-14-10-13(11(2)12(14)3)15(16)17(20)21/h11-16H,6-10H2,1-5H3,(H,20,21). The summed E-state index contributed by atoms with van der Waals surface area (Å²) in [5.41, 5.74) is -0.508. The Labute approximate surface area is 140 Å². The number of fused-ring (bicyclic) bond motifs is 2. The highest BCUT2D eigenvalue weighted by atomic mass is 16.6. The maximum atomic E-state index is 12.8. The molecule has 2 rings (SSSR count). The number of aliphatic carboxylic acids is 1. The third kappa shape index (κ3) is 3.56. The maximum absolute atomic E-state index is 12.8. The van der Waals surface area contributed by atoms with E-state index in [0.717, 1.165) is 32.1 Å². The second kappa shape index (κ2) is 6.82. The fraction of sp³-hybridized carbons (Fsp3) is 0.895. The van der Waals surface area contributed by atoms with Crippen molar-refractivity contribution < 1.29 is 19.4 Å². The third-order valence-electron chi connectivity index (χ3n) is 6.35. The lowest BCUT2D eigenvalue weighted by Crippen LogP contribution is -2.43. The summed E-state index contributed by atoms with van der Waals surface area (Å²) in [6.07, 6.45) is 4.98. The number of hydrogen-bond acceptors (Lipinski definition) is 3. The van der Waals surface area contributed by atoms with Crippen LogP contribution in [0.4, 0.5) is 0 Å². The van der Waals surface area contributed by atoms with Gasteiger partial charge in [-0.25, -0.2) is 0 Å². The lowest BCUT2D eigenvalue weighted by atomic mass is 9.69. The van der Waals surface area contributed by atoms with Crippen LogP contribution in [-0.4, -0.2) is 22.6 Å². The first-order valence-electron chi connectivity index (χ1n) is 9.15. The van der Waals surface area contributed by atoms with Crippen molar-refractivity contribution >= 4 is 11.9 Å². The minimum Gasteiger partial charge on any atom is -0.481 e. The smallest absolute Gasteiger partial charge is 0.310 e. The van der Waals surface area contributed by atoms with Gasteiger partial charge < -0.3 is 9.84 Å². The van der Waals surface area contributed by atoms with Crippen LogP contribution in [0.25, 0.3) is 0 Å². The first-order valence-corrected chi connectivity index (χ1v) is 9.15. The van der Waals surface area contributed by atoms with E-state index in [1.165, 1.54) is 0 Å². The van der Waals surface area contributed by atoms with Gasteiger partial charge in [-0.05, 0) is 56.8 Å². The number of unbranched alkanes of at least 4 members (excludes halogenated alkanes) is 2. The number of carbonyl (C=O) groups excluding carboxylic acids is 1. The topological polar surface area (TPSA) is 63.6 Å². The highest BCUT2D eigenvalue weighted by Gasteiger charge is 2.60. The Hall–Kier alpha value is -1.06. The first kappa shape index (κ1) is 18.3. The Morgan fingerprint density at radius 3 is 2.17 bits per heavy atom. The van der Waals surface area contributed by atoms with Crippen LogP contribution in [-0.2, 0) is 14.3 Å². The largest absolute Gasteiger partial charge is 0.481 e. The van der Waals surface area contributed by atoms with Crippen molar-refractivity contribution in [2.24, 2.45) is 35.5 Å². The van der Waals surface area contributed by atoms with E-state index in [1.807, 2.05) is 13.8 Å². The van der Waals surface area contributed by atoms with Crippen molar-refractivity contribution in [2.75, 3.05) is 0 Å². The number of rotatable bonds is 7. The minimum absolute atomic E-state index is 0.119. The van der Waals surface area contributed by atoms with Crippen LogP contribution in [0, 0.1) is 35.5 Å². The predicted molar refractivity (Wildman–Crippen MR) is 88.9 cm³/mol. The van der Waals surface area contributed by atoms with Crippen LogP contribution in [0.3, 0.4) is 0 Å². The summed E-state index contributed by atoms with van der Waals surface area (Å²) in [5.74, 6) is -1.09. The summed E-state index contributed by atoms with van der Waals surface area (Å²) in [4.78, 5) is 24.5. The van der Waals surface area contributed by atoms with Gasteiger partial charge in [0.05, 0.1) is 11.8 Å². The quantitative estimate of drug-likeness (QED) is 0.565. The molecule has 6 atom stereocenters. The average molecular weight is 324 g/mol. The number of carboxylic acids is 1. The molecule has 132 valence electrons. The fourth-order valence-corrected chi connectivity index (χ4v) is 4.85. The molecule has 0 spiro atoms. The van der Waals surface area contributed by atoms with Crippen molar-refractivity contribution in [1.82, 2.24) is 0 Å². The van der Waals surface area contributed by atoms with E-state index in [0.29, 0.717) is 11.8 Å². The Balaban J connectivity index is 2.07. The summed E-state index contributed by atoms with van der Waals surface area (Å²) in [7, 11) is 0. The van der Waals surface area contributed by atoms with Crippen molar-refractivity contribution in [3.05, 3.63) is 0 Å². The molecule has 0 aliphatic heterocycles. The van der Waals surface area contributed by atoms with Gasteiger partial charge in [-0.2, -0.15) is 0 Å². The van der Waals surface area contributed by atoms with Crippen molar-refractivity contribution in [3.8, 4) is 0 Å². The van der Waals surface area contributed by atoms with Crippen molar-refractivity contribution in [3.63, 3.8) is 0 Å².